The first-order chi connectivity index (χ1) is 19.7. The van der Waals surface area contributed by atoms with Crippen LogP contribution in [0.25, 0.3) is 11.1 Å². The van der Waals surface area contributed by atoms with Crippen LogP contribution in [-0.2, 0) is 12.8 Å². The Morgan fingerprint density at radius 1 is 0.951 bits per heavy atom. The number of likely N-dealkylation sites (tertiary alicyclic amines) is 1. The molecular formula is C32H35F4N3O2. The molecule has 1 aliphatic carbocycles. The van der Waals surface area contributed by atoms with Gasteiger partial charge in [0.15, 0.2) is 11.6 Å². The zero-order chi connectivity index (χ0) is 29.0. The molecule has 218 valence electrons. The summed E-state index contributed by atoms with van der Waals surface area (Å²) in [7, 11) is 0. The molecule has 2 aromatic carbocycles. The molecule has 3 aromatic rings. The fourth-order valence-electron chi connectivity index (χ4n) is 6.13. The molecular weight excluding hydrogens is 534 g/mol. The van der Waals surface area contributed by atoms with Crippen molar-refractivity contribution in [1.29, 1.82) is 0 Å². The van der Waals surface area contributed by atoms with E-state index >= 15 is 0 Å². The van der Waals surface area contributed by atoms with Crippen molar-refractivity contribution in [2.24, 2.45) is 5.92 Å². The van der Waals surface area contributed by atoms with Gasteiger partial charge in [-0.05, 0) is 61.1 Å². The summed E-state index contributed by atoms with van der Waals surface area (Å²) in [5.74, 6) is -0.0998. The highest BCUT2D eigenvalue weighted by molar-refractivity contribution is 5.95. The van der Waals surface area contributed by atoms with Crippen LogP contribution in [0.2, 0.25) is 0 Å². The number of pyridine rings is 1. The lowest BCUT2D eigenvalue weighted by Gasteiger charge is -2.28. The molecule has 2 heterocycles. The summed E-state index contributed by atoms with van der Waals surface area (Å²) >= 11 is 0. The number of alkyl halides is 3. The average molecular weight is 570 g/mol. The lowest BCUT2D eigenvalue weighted by Crippen LogP contribution is -2.36. The normalized spacial score (nSPS) is 18.3. The third-order valence-electron chi connectivity index (χ3n) is 8.33. The van der Waals surface area contributed by atoms with E-state index in [0.29, 0.717) is 29.2 Å². The summed E-state index contributed by atoms with van der Waals surface area (Å²) in [6.45, 7) is 0.320. The molecule has 1 amide bonds. The van der Waals surface area contributed by atoms with Crippen molar-refractivity contribution in [2.45, 2.75) is 76.6 Å². The lowest BCUT2D eigenvalue weighted by molar-refractivity contribution is -0.138. The predicted molar refractivity (Wildman–Crippen MR) is 150 cm³/mol. The van der Waals surface area contributed by atoms with Gasteiger partial charge in [0.1, 0.15) is 12.4 Å². The third kappa shape index (κ3) is 7.00. The van der Waals surface area contributed by atoms with Crippen molar-refractivity contribution in [1.82, 2.24) is 9.88 Å². The van der Waals surface area contributed by atoms with Gasteiger partial charge < -0.3 is 15.4 Å². The number of amides is 1. The van der Waals surface area contributed by atoms with Crippen molar-refractivity contribution in [2.75, 3.05) is 12.3 Å². The number of aromatic nitrogens is 1. The maximum atomic E-state index is 13.4. The Hall–Kier alpha value is -3.62. The summed E-state index contributed by atoms with van der Waals surface area (Å²) in [5.41, 5.74) is 6.63. The zero-order valence-corrected chi connectivity index (χ0v) is 22.9. The third-order valence-corrected chi connectivity index (χ3v) is 8.33. The number of ether oxygens (including phenoxy) is 1. The molecule has 1 saturated heterocycles. The molecule has 1 saturated carbocycles. The van der Waals surface area contributed by atoms with Crippen molar-refractivity contribution in [3.8, 4) is 16.9 Å². The molecule has 2 fully saturated rings. The number of anilines is 1. The highest BCUT2D eigenvalue weighted by Gasteiger charge is 2.34. The molecule has 1 aliphatic heterocycles. The number of hydrogen-bond acceptors (Lipinski definition) is 4. The number of nitrogens with zero attached hydrogens (tertiary/aromatic N) is 2. The van der Waals surface area contributed by atoms with E-state index in [2.05, 4.69) is 4.98 Å². The maximum Gasteiger partial charge on any atom is 0.416 e. The van der Waals surface area contributed by atoms with Gasteiger partial charge in [0.25, 0.3) is 5.91 Å². The highest BCUT2D eigenvalue weighted by atomic mass is 19.4. The number of halogens is 4. The van der Waals surface area contributed by atoms with Gasteiger partial charge in [0.2, 0.25) is 0 Å². The number of carbonyl (C=O) groups excluding carboxylic acids is 1. The average Bonchev–Trinajstić information content (AvgIpc) is 3.26. The Bertz CT molecular complexity index is 1350. The highest BCUT2D eigenvalue weighted by Crippen LogP contribution is 2.35. The molecule has 5 rings (SSSR count). The monoisotopic (exact) mass is 569 g/mol. The SMILES string of the molecule is Nc1ncc(-c2ccc(C(=O)N3CCC[C@@H]3CC3CCCCCC3)cc2)cc1OCc1ccc(F)cc1C(F)(F)F. The Balaban J connectivity index is 1.27. The minimum absolute atomic E-state index is 0.0185. The van der Waals surface area contributed by atoms with Gasteiger partial charge in [-0.15, -0.1) is 0 Å². The van der Waals surface area contributed by atoms with Crippen LogP contribution in [-0.4, -0.2) is 28.4 Å². The topological polar surface area (TPSA) is 68.5 Å². The Morgan fingerprint density at radius 3 is 2.39 bits per heavy atom. The molecule has 41 heavy (non-hydrogen) atoms. The van der Waals surface area contributed by atoms with Crippen molar-refractivity contribution in [3.05, 3.63) is 77.2 Å². The van der Waals surface area contributed by atoms with E-state index in [1.807, 2.05) is 17.0 Å². The molecule has 5 nitrogen and oxygen atoms in total. The van der Waals surface area contributed by atoms with E-state index in [1.165, 1.54) is 38.5 Å². The van der Waals surface area contributed by atoms with Gasteiger partial charge in [-0.2, -0.15) is 13.2 Å². The maximum absolute atomic E-state index is 13.4. The number of nitrogen functional groups attached to an aromatic ring is 1. The van der Waals surface area contributed by atoms with E-state index < -0.39 is 24.2 Å². The first kappa shape index (κ1) is 28.9. The molecule has 1 aromatic heterocycles. The minimum atomic E-state index is -4.73. The zero-order valence-electron chi connectivity index (χ0n) is 22.9. The largest absolute Gasteiger partial charge is 0.485 e. The van der Waals surface area contributed by atoms with Crippen LogP contribution in [0.1, 0.15) is 79.3 Å². The molecule has 9 heteroatoms. The standard InChI is InChI=1S/C32H35F4N3O2/c33-26-14-13-24(28(18-26)32(34,35)36)20-41-29-17-25(19-38-30(29)37)22-9-11-23(12-10-22)31(40)39-15-5-8-27(39)16-21-6-3-1-2-4-7-21/h9-14,17-19,21,27H,1-8,15-16,20H2,(H2,37,38)/t27-/m1/s1. The van der Waals surface area contributed by atoms with Crippen LogP contribution in [0, 0.1) is 11.7 Å². The van der Waals surface area contributed by atoms with Gasteiger partial charge in [-0.1, -0.05) is 56.7 Å². The second-order valence-corrected chi connectivity index (χ2v) is 11.2. The Labute approximate surface area is 237 Å². The number of benzene rings is 2. The summed E-state index contributed by atoms with van der Waals surface area (Å²) < 4.78 is 59.1. The Morgan fingerprint density at radius 2 is 1.68 bits per heavy atom. The fraction of sp³-hybridized carbons (Fsp3) is 0.438. The molecule has 0 spiro atoms. The second-order valence-electron chi connectivity index (χ2n) is 11.2. The number of rotatable bonds is 7. The van der Waals surface area contributed by atoms with Crippen LogP contribution in [0.15, 0.2) is 54.7 Å². The fourth-order valence-corrected chi connectivity index (χ4v) is 6.13. The summed E-state index contributed by atoms with van der Waals surface area (Å²) in [4.78, 5) is 19.6. The molecule has 0 bridgehead atoms. The smallest absolute Gasteiger partial charge is 0.416 e. The van der Waals surface area contributed by atoms with E-state index in [9.17, 15) is 22.4 Å². The van der Waals surface area contributed by atoms with Crippen LogP contribution in [0.4, 0.5) is 23.4 Å². The first-order valence-corrected chi connectivity index (χ1v) is 14.3. The van der Waals surface area contributed by atoms with E-state index in [0.717, 1.165) is 43.5 Å². The second kappa shape index (κ2) is 12.5. The van der Waals surface area contributed by atoms with E-state index in [-0.39, 0.29) is 23.0 Å². The van der Waals surface area contributed by atoms with E-state index in [4.69, 9.17) is 10.5 Å². The van der Waals surface area contributed by atoms with Gasteiger partial charge in [0.05, 0.1) is 5.56 Å². The van der Waals surface area contributed by atoms with Crippen LogP contribution in [0.5, 0.6) is 5.75 Å². The number of carbonyl (C=O) groups is 1. The van der Waals surface area contributed by atoms with Gasteiger partial charge in [-0.25, -0.2) is 9.37 Å². The van der Waals surface area contributed by atoms with E-state index in [1.54, 1.807) is 24.4 Å². The lowest BCUT2D eigenvalue weighted by atomic mass is 9.91. The molecule has 1 atom stereocenters. The summed E-state index contributed by atoms with van der Waals surface area (Å²) in [5, 5.41) is 0. The summed E-state index contributed by atoms with van der Waals surface area (Å²) in [6.07, 6.45) is 7.75. The molecule has 2 N–H and O–H groups in total. The first-order valence-electron chi connectivity index (χ1n) is 14.3. The molecule has 0 unspecified atom stereocenters. The Kier molecular flexibility index (Phi) is 8.80. The van der Waals surface area contributed by atoms with Crippen molar-refractivity contribution >= 4 is 11.7 Å². The minimum Gasteiger partial charge on any atom is -0.485 e. The van der Waals surface area contributed by atoms with Gasteiger partial charge in [0, 0.05) is 35.5 Å². The van der Waals surface area contributed by atoms with Gasteiger partial charge >= 0.3 is 6.18 Å². The van der Waals surface area contributed by atoms with Crippen LogP contribution in [0.3, 0.4) is 0 Å². The van der Waals surface area contributed by atoms with Crippen molar-refractivity contribution < 1.29 is 27.1 Å². The van der Waals surface area contributed by atoms with Gasteiger partial charge in [-0.3, -0.25) is 4.79 Å². The quantitative estimate of drug-likeness (QED) is 0.231. The number of nitrogens with two attached hydrogens (primary N) is 1. The predicted octanol–water partition coefficient (Wildman–Crippen LogP) is 8.03. The number of hydrogen-bond donors (Lipinski definition) is 1. The van der Waals surface area contributed by atoms with Crippen LogP contribution < -0.4 is 10.5 Å². The molecule has 0 radical (unpaired) electrons. The van der Waals surface area contributed by atoms with Crippen molar-refractivity contribution in [3.63, 3.8) is 0 Å². The summed E-state index contributed by atoms with van der Waals surface area (Å²) in [6, 6.07) is 11.6. The van der Waals surface area contributed by atoms with Crippen LogP contribution >= 0.6 is 0 Å². The molecule has 2 aliphatic rings.